The minimum Gasteiger partial charge on any atom is -0.478 e. The van der Waals surface area contributed by atoms with Crippen molar-refractivity contribution in [2.45, 2.75) is 38.5 Å². The van der Waals surface area contributed by atoms with Gasteiger partial charge in [-0.25, -0.2) is 9.59 Å². The zero-order chi connectivity index (χ0) is 22.1. The summed E-state index contributed by atoms with van der Waals surface area (Å²) in [6, 6.07) is 2.38. The lowest BCUT2D eigenvalue weighted by atomic mass is 9.91. The molecule has 2 aliphatic carbocycles. The SMILES string of the molecule is C=CCN(CC=C)CC(=O)c1c2c(cc3c1CCC3)CCC2.O=C(O)/C=C\C(=O)O. The van der Waals surface area contributed by atoms with Gasteiger partial charge in [-0.05, 0) is 60.8 Å². The molecule has 0 saturated heterocycles. The summed E-state index contributed by atoms with van der Waals surface area (Å²) in [7, 11) is 0. The number of hydrogen-bond acceptors (Lipinski definition) is 4. The molecule has 3 rings (SSSR count). The number of carbonyl (C=O) groups excluding carboxylic acids is 1. The lowest BCUT2D eigenvalue weighted by molar-refractivity contribution is -0.134. The smallest absolute Gasteiger partial charge is 0.328 e. The second-order valence-electron chi connectivity index (χ2n) is 7.44. The average molecular weight is 411 g/mol. The van der Waals surface area contributed by atoms with Crippen molar-refractivity contribution in [2.24, 2.45) is 0 Å². The molecule has 6 heteroatoms. The zero-order valence-electron chi connectivity index (χ0n) is 17.2. The van der Waals surface area contributed by atoms with Crippen LogP contribution in [0.5, 0.6) is 0 Å². The fourth-order valence-electron chi connectivity index (χ4n) is 4.15. The molecule has 30 heavy (non-hydrogen) atoms. The number of Topliss-reactive ketones (excluding diaryl/α,β-unsaturated/α-hetero) is 1. The van der Waals surface area contributed by atoms with Gasteiger partial charge in [-0.2, -0.15) is 0 Å². The number of carboxylic acid groups (broad SMARTS) is 2. The van der Waals surface area contributed by atoms with Crippen molar-refractivity contribution < 1.29 is 24.6 Å². The van der Waals surface area contributed by atoms with E-state index in [9.17, 15) is 14.4 Å². The fraction of sp³-hybridized carbons (Fsp3) is 0.375. The van der Waals surface area contributed by atoms with Crippen LogP contribution in [-0.4, -0.2) is 52.5 Å². The normalized spacial score (nSPS) is 14.0. The topological polar surface area (TPSA) is 94.9 Å². The standard InChI is InChI=1S/C20H25NO.C4H4O4/c1-3-11-21(12-4-2)14-19(22)20-17-9-5-7-15(17)13-16-8-6-10-18(16)20;5-3(6)1-2-4(7)8/h3-4,13H,1-2,5-12,14H2;1-2H,(H,5,6)(H,7,8)/b;2-1-. The quantitative estimate of drug-likeness (QED) is 0.368. The molecule has 0 spiro atoms. The van der Waals surface area contributed by atoms with E-state index in [1.165, 1.54) is 35.1 Å². The van der Waals surface area contributed by atoms with Crippen LogP contribution in [0, 0.1) is 0 Å². The van der Waals surface area contributed by atoms with Gasteiger partial charge in [0, 0.05) is 30.8 Å². The Morgan fingerprint density at radius 2 is 1.33 bits per heavy atom. The number of aliphatic carboxylic acids is 2. The molecule has 0 radical (unpaired) electrons. The first-order valence-corrected chi connectivity index (χ1v) is 10.1. The molecule has 0 aromatic heterocycles. The maximum Gasteiger partial charge on any atom is 0.328 e. The number of fused-ring (bicyclic) bond motifs is 2. The molecular formula is C24H29NO5. The van der Waals surface area contributed by atoms with Crippen molar-refractivity contribution in [3.05, 3.63) is 71.3 Å². The fourth-order valence-corrected chi connectivity index (χ4v) is 4.15. The van der Waals surface area contributed by atoms with Gasteiger partial charge in [-0.3, -0.25) is 9.69 Å². The molecule has 6 nitrogen and oxygen atoms in total. The van der Waals surface area contributed by atoms with E-state index in [2.05, 4.69) is 24.1 Å². The Bertz CT molecular complexity index is 811. The summed E-state index contributed by atoms with van der Waals surface area (Å²) < 4.78 is 0. The molecule has 0 heterocycles. The number of carbonyl (C=O) groups is 3. The average Bonchev–Trinajstić information content (AvgIpc) is 3.34. The maximum absolute atomic E-state index is 13.0. The second kappa shape index (κ2) is 11.3. The first kappa shape index (κ1) is 23.3. The van der Waals surface area contributed by atoms with E-state index in [4.69, 9.17) is 10.2 Å². The number of rotatable bonds is 9. The first-order chi connectivity index (χ1) is 14.4. The predicted molar refractivity (Wildman–Crippen MR) is 116 cm³/mol. The summed E-state index contributed by atoms with van der Waals surface area (Å²) in [6.07, 6.45) is 11.7. The number of benzene rings is 1. The molecule has 0 aliphatic heterocycles. The molecule has 1 aromatic rings. The van der Waals surface area contributed by atoms with E-state index in [-0.39, 0.29) is 0 Å². The maximum atomic E-state index is 13.0. The van der Waals surface area contributed by atoms with Gasteiger partial charge >= 0.3 is 11.9 Å². The molecule has 0 saturated carbocycles. The van der Waals surface area contributed by atoms with Crippen molar-refractivity contribution in [3.63, 3.8) is 0 Å². The number of hydrogen-bond donors (Lipinski definition) is 2. The third-order valence-electron chi connectivity index (χ3n) is 5.26. The van der Waals surface area contributed by atoms with Crippen molar-refractivity contribution in [3.8, 4) is 0 Å². The van der Waals surface area contributed by atoms with Crippen LogP contribution in [0.4, 0.5) is 0 Å². The van der Waals surface area contributed by atoms with Crippen molar-refractivity contribution in [1.82, 2.24) is 4.90 Å². The van der Waals surface area contributed by atoms with Gasteiger partial charge in [0.1, 0.15) is 0 Å². The molecule has 1 aromatic carbocycles. The Kier molecular flexibility index (Phi) is 8.74. The Labute approximate surface area is 177 Å². The minimum absolute atomic E-state index is 0.292. The van der Waals surface area contributed by atoms with E-state index in [0.29, 0.717) is 24.5 Å². The predicted octanol–water partition coefficient (Wildman–Crippen LogP) is 3.23. The van der Waals surface area contributed by atoms with Gasteiger partial charge in [0.2, 0.25) is 0 Å². The molecule has 2 aliphatic rings. The number of aryl methyl sites for hydroxylation is 2. The number of ketones is 1. The molecule has 0 atom stereocenters. The van der Waals surface area contributed by atoms with E-state index in [1.54, 1.807) is 0 Å². The lowest BCUT2D eigenvalue weighted by Crippen LogP contribution is -2.31. The molecule has 160 valence electrons. The van der Waals surface area contributed by atoms with Gasteiger partial charge < -0.3 is 10.2 Å². The molecular weight excluding hydrogens is 382 g/mol. The van der Waals surface area contributed by atoms with Crippen LogP contribution in [0.25, 0.3) is 0 Å². The Hall–Kier alpha value is -2.99. The van der Waals surface area contributed by atoms with Gasteiger partial charge in [-0.1, -0.05) is 18.2 Å². The highest BCUT2D eigenvalue weighted by atomic mass is 16.4. The van der Waals surface area contributed by atoms with Crippen LogP contribution in [-0.2, 0) is 35.3 Å². The van der Waals surface area contributed by atoms with Crippen molar-refractivity contribution in [2.75, 3.05) is 19.6 Å². The highest BCUT2D eigenvalue weighted by molar-refractivity contribution is 6.01. The van der Waals surface area contributed by atoms with Crippen LogP contribution in [0.2, 0.25) is 0 Å². The minimum atomic E-state index is -1.26. The van der Waals surface area contributed by atoms with E-state index < -0.39 is 11.9 Å². The van der Waals surface area contributed by atoms with Crippen LogP contribution in [0.1, 0.15) is 45.5 Å². The van der Waals surface area contributed by atoms with Gasteiger partial charge in [0.15, 0.2) is 5.78 Å². The molecule has 0 unspecified atom stereocenters. The van der Waals surface area contributed by atoms with Crippen LogP contribution in [0.3, 0.4) is 0 Å². The van der Waals surface area contributed by atoms with Crippen LogP contribution in [0.15, 0.2) is 43.5 Å². The summed E-state index contributed by atoms with van der Waals surface area (Å²) in [5, 5.41) is 15.6. The van der Waals surface area contributed by atoms with Gasteiger partial charge in [-0.15, -0.1) is 13.2 Å². The number of nitrogens with zero attached hydrogens (tertiary/aromatic N) is 1. The first-order valence-electron chi connectivity index (χ1n) is 10.1. The van der Waals surface area contributed by atoms with E-state index >= 15 is 0 Å². The third kappa shape index (κ3) is 6.26. The van der Waals surface area contributed by atoms with E-state index in [1.807, 2.05) is 12.2 Å². The van der Waals surface area contributed by atoms with Crippen LogP contribution < -0.4 is 0 Å². The zero-order valence-corrected chi connectivity index (χ0v) is 17.2. The summed E-state index contributed by atoms with van der Waals surface area (Å²) in [5.74, 6) is -2.22. The largest absolute Gasteiger partial charge is 0.478 e. The van der Waals surface area contributed by atoms with Gasteiger partial charge in [0.05, 0.1) is 6.54 Å². The summed E-state index contributed by atoms with van der Waals surface area (Å²) in [5.41, 5.74) is 6.64. The summed E-state index contributed by atoms with van der Waals surface area (Å²) >= 11 is 0. The third-order valence-corrected chi connectivity index (χ3v) is 5.26. The highest BCUT2D eigenvalue weighted by Crippen LogP contribution is 2.35. The summed E-state index contributed by atoms with van der Waals surface area (Å²) in [6.45, 7) is 9.52. The summed E-state index contributed by atoms with van der Waals surface area (Å²) in [4.78, 5) is 34.2. The molecule has 0 amide bonds. The second-order valence-corrected chi connectivity index (χ2v) is 7.44. The van der Waals surface area contributed by atoms with Crippen LogP contribution >= 0.6 is 0 Å². The van der Waals surface area contributed by atoms with Crippen molar-refractivity contribution >= 4 is 17.7 Å². The number of carboxylic acids is 2. The Balaban J connectivity index is 0.000000343. The highest BCUT2D eigenvalue weighted by Gasteiger charge is 2.27. The lowest BCUT2D eigenvalue weighted by Gasteiger charge is -2.20. The van der Waals surface area contributed by atoms with Gasteiger partial charge in [0.25, 0.3) is 0 Å². The monoisotopic (exact) mass is 411 g/mol. The Morgan fingerprint density at radius 1 is 0.867 bits per heavy atom. The van der Waals surface area contributed by atoms with Crippen molar-refractivity contribution in [1.29, 1.82) is 0 Å². The molecule has 0 bridgehead atoms. The molecule has 2 N–H and O–H groups in total. The van der Waals surface area contributed by atoms with E-state index in [0.717, 1.165) is 44.3 Å². The Morgan fingerprint density at radius 3 is 1.73 bits per heavy atom. The molecule has 0 fully saturated rings.